The molecule has 0 aliphatic rings. The lowest BCUT2D eigenvalue weighted by molar-refractivity contribution is 0.0939. The Kier molecular flexibility index (Phi) is 5.54. The molecule has 0 aliphatic heterocycles. The number of carbonyl (C=O) groups is 1. The third-order valence-electron chi connectivity index (χ3n) is 4.69. The fourth-order valence-electron chi connectivity index (χ4n) is 3.07. The Bertz CT molecular complexity index is 891. The number of phenolic OH excluding ortho intramolecular Hbond substituents is 1. The highest BCUT2D eigenvalue weighted by atomic mass is 16.3. The van der Waals surface area contributed by atoms with E-state index in [1.807, 2.05) is 62.6 Å². The van der Waals surface area contributed by atoms with Gasteiger partial charge in [-0.1, -0.05) is 60.7 Å². The molecule has 1 atom stereocenters. The van der Waals surface area contributed by atoms with E-state index in [1.54, 1.807) is 6.07 Å². The summed E-state index contributed by atoms with van der Waals surface area (Å²) in [4.78, 5) is 14.7. The standard InChI is InChI=1S/C22H24N2O2/c1-24(2)18(14-16-8-4-3-5-9-16)15-23-22(26)20-13-12-17-10-6-7-11-19(17)21(20)25/h3-13,18,25H,14-15H2,1-2H3,(H,23,26)/t18-/m0/s1. The fraction of sp³-hybridized carbons (Fsp3) is 0.227. The SMILES string of the molecule is CN(C)[C@H](CNC(=O)c1ccc2ccccc2c1O)Cc1ccccc1. The van der Waals surface area contributed by atoms with Crippen molar-refractivity contribution < 1.29 is 9.90 Å². The summed E-state index contributed by atoms with van der Waals surface area (Å²) in [5.74, 6) is -0.224. The molecule has 4 nitrogen and oxygen atoms in total. The van der Waals surface area contributed by atoms with Crippen LogP contribution >= 0.6 is 0 Å². The Hall–Kier alpha value is -2.85. The van der Waals surface area contributed by atoms with Crippen LogP contribution in [0.4, 0.5) is 0 Å². The Balaban J connectivity index is 1.71. The maximum absolute atomic E-state index is 12.6. The Morgan fingerprint density at radius 3 is 2.42 bits per heavy atom. The van der Waals surface area contributed by atoms with Gasteiger partial charge in [-0.2, -0.15) is 0 Å². The summed E-state index contributed by atoms with van der Waals surface area (Å²) in [5.41, 5.74) is 1.54. The zero-order chi connectivity index (χ0) is 18.5. The zero-order valence-corrected chi connectivity index (χ0v) is 15.1. The lowest BCUT2D eigenvalue weighted by atomic mass is 10.0. The minimum absolute atomic E-state index is 0.0325. The van der Waals surface area contributed by atoms with E-state index < -0.39 is 0 Å². The van der Waals surface area contributed by atoms with Crippen LogP contribution < -0.4 is 5.32 Å². The second-order valence-corrected chi connectivity index (χ2v) is 6.70. The normalized spacial score (nSPS) is 12.3. The average Bonchev–Trinajstić information content (AvgIpc) is 2.66. The van der Waals surface area contributed by atoms with Crippen molar-refractivity contribution in [2.45, 2.75) is 12.5 Å². The summed E-state index contributed by atoms with van der Waals surface area (Å²) in [5, 5.41) is 15.0. The van der Waals surface area contributed by atoms with E-state index in [2.05, 4.69) is 22.3 Å². The van der Waals surface area contributed by atoms with Gasteiger partial charge in [0, 0.05) is 18.0 Å². The number of hydrogen-bond acceptors (Lipinski definition) is 3. The van der Waals surface area contributed by atoms with Gasteiger partial charge in [0.05, 0.1) is 5.56 Å². The van der Waals surface area contributed by atoms with E-state index in [4.69, 9.17) is 0 Å². The molecule has 134 valence electrons. The Morgan fingerprint density at radius 2 is 1.69 bits per heavy atom. The summed E-state index contributed by atoms with van der Waals surface area (Å²) in [7, 11) is 4.01. The minimum Gasteiger partial charge on any atom is -0.506 e. The third kappa shape index (κ3) is 4.03. The lowest BCUT2D eigenvalue weighted by Gasteiger charge is -2.25. The van der Waals surface area contributed by atoms with Gasteiger partial charge in [-0.05, 0) is 37.5 Å². The molecule has 3 aromatic carbocycles. The molecule has 0 bridgehead atoms. The maximum Gasteiger partial charge on any atom is 0.255 e. The molecular weight excluding hydrogens is 324 g/mol. The number of nitrogens with zero attached hydrogens (tertiary/aromatic N) is 1. The van der Waals surface area contributed by atoms with Crippen LogP contribution in [0.2, 0.25) is 0 Å². The van der Waals surface area contributed by atoms with Crippen LogP contribution in [0.5, 0.6) is 5.75 Å². The molecule has 0 unspecified atom stereocenters. The molecule has 0 aromatic heterocycles. The number of carbonyl (C=O) groups excluding carboxylic acids is 1. The van der Waals surface area contributed by atoms with E-state index in [0.29, 0.717) is 17.5 Å². The third-order valence-corrected chi connectivity index (χ3v) is 4.69. The maximum atomic E-state index is 12.6. The lowest BCUT2D eigenvalue weighted by Crippen LogP contribution is -2.41. The predicted octanol–water partition coefficient (Wildman–Crippen LogP) is 3.45. The minimum atomic E-state index is -0.256. The molecule has 2 N–H and O–H groups in total. The molecule has 26 heavy (non-hydrogen) atoms. The van der Waals surface area contributed by atoms with Gasteiger partial charge in [-0.15, -0.1) is 0 Å². The first-order valence-electron chi connectivity index (χ1n) is 8.75. The van der Waals surface area contributed by atoms with Crippen LogP contribution in [0.3, 0.4) is 0 Å². The van der Waals surface area contributed by atoms with Crippen molar-refractivity contribution in [1.82, 2.24) is 10.2 Å². The van der Waals surface area contributed by atoms with Gasteiger partial charge >= 0.3 is 0 Å². The van der Waals surface area contributed by atoms with Gasteiger partial charge in [0.2, 0.25) is 0 Å². The van der Waals surface area contributed by atoms with Crippen molar-refractivity contribution in [3.05, 3.63) is 77.9 Å². The molecule has 0 fully saturated rings. The van der Waals surface area contributed by atoms with Crippen molar-refractivity contribution in [2.24, 2.45) is 0 Å². The van der Waals surface area contributed by atoms with Crippen LogP contribution in [0.1, 0.15) is 15.9 Å². The number of fused-ring (bicyclic) bond motifs is 1. The molecule has 4 heteroatoms. The van der Waals surface area contributed by atoms with Crippen LogP contribution in [-0.4, -0.2) is 42.6 Å². The molecule has 0 aliphatic carbocycles. The molecule has 0 heterocycles. The quantitative estimate of drug-likeness (QED) is 0.717. The second-order valence-electron chi connectivity index (χ2n) is 6.70. The number of aromatic hydroxyl groups is 1. The topological polar surface area (TPSA) is 52.6 Å². The van der Waals surface area contributed by atoms with E-state index in [9.17, 15) is 9.90 Å². The largest absolute Gasteiger partial charge is 0.506 e. The molecule has 3 rings (SSSR count). The number of phenols is 1. The van der Waals surface area contributed by atoms with Gasteiger partial charge in [0.25, 0.3) is 5.91 Å². The highest BCUT2D eigenvalue weighted by Gasteiger charge is 2.17. The van der Waals surface area contributed by atoms with Crippen LogP contribution in [0.15, 0.2) is 66.7 Å². The summed E-state index contributed by atoms with van der Waals surface area (Å²) >= 11 is 0. The van der Waals surface area contributed by atoms with Gasteiger partial charge in [-0.3, -0.25) is 4.79 Å². The number of rotatable bonds is 6. The van der Waals surface area contributed by atoms with Crippen LogP contribution in [-0.2, 0) is 6.42 Å². The van der Waals surface area contributed by atoms with Gasteiger partial charge < -0.3 is 15.3 Å². The van der Waals surface area contributed by atoms with Crippen molar-refractivity contribution in [1.29, 1.82) is 0 Å². The molecular formula is C22H24N2O2. The first kappa shape index (κ1) is 18.0. The number of hydrogen-bond donors (Lipinski definition) is 2. The van der Waals surface area contributed by atoms with Gasteiger partial charge in [-0.25, -0.2) is 0 Å². The van der Waals surface area contributed by atoms with E-state index in [0.717, 1.165) is 11.8 Å². The zero-order valence-electron chi connectivity index (χ0n) is 15.1. The number of amides is 1. The summed E-state index contributed by atoms with van der Waals surface area (Å²) in [6.45, 7) is 0.507. The molecule has 0 saturated carbocycles. The van der Waals surface area contributed by atoms with Crippen molar-refractivity contribution in [3.63, 3.8) is 0 Å². The predicted molar refractivity (Wildman–Crippen MR) is 106 cm³/mol. The summed E-state index contributed by atoms with van der Waals surface area (Å²) in [6, 6.07) is 21.4. The van der Waals surface area contributed by atoms with Crippen LogP contribution in [0, 0.1) is 0 Å². The highest BCUT2D eigenvalue weighted by Crippen LogP contribution is 2.28. The molecule has 0 spiro atoms. The number of benzene rings is 3. The smallest absolute Gasteiger partial charge is 0.255 e. The van der Waals surface area contributed by atoms with Crippen molar-refractivity contribution >= 4 is 16.7 Å². The fourth-order valence-corrected chi connectivity index (χ4v) is 3.07. The Labute approximate surface area is 154 Å². The molecule has 0 saturated heterocycles. The van der Waals surface area contributed by atoms with Crippen molar-refractivity contribution in [3.8, 4) is 5.75 Å². The first-order chi connectivity index (χ1) is 12.6. The van der Waals surface area contributed by atoms with Gasteiger partial charge in [0.15, 0.2) is 0 Å². The average molecular weight is 348 g/mol. The highest BCUT2D eigenvalue weighted by molar-refractivity contribution is 6.03. The number of likely N-dealkylation sites (N-methyl/N-ethyl adjacent to an activating group) is 1. The summed E-state index contributed by atoms with van der Waals surface area (Å²) < 4.78 is 0. The number of nitrogens with one attached hydrogen (secondary N) is 1. The Morgan fingerprint density at radius 1 is 1.00 bits per heavy atom. The molecule has 0 radical (unpaired) electrons. The van der Waals surface area contributed by atoms with Gasteiger partial charge in [0.1, 0.15) is 5.75 Å². The van der Waals surface area contributed by atoms with Crippen LogP contribution in [0.25, 0.3) is 10.8 Å². The second kappa shape index (κ2) is 8.02. The first-order valence-corrected chi connectivity index (χ1v) is 8.75. The molecule has 3 aromatic rings. The van der Waals surface area contributed by atoms with E-state index in [-0.39, 0.29) is 17.7 Å². The molecule has 1 amide bonds. The van der Waals surface area contributed by atoms with E-state index >= 15 is 0 Å². The monoisotopic (exact) mass is 348 g/mol. The summed E-state index contributed by atoms with van der Waals surface area (Å²) in [6.07, 6.45) is 0.845. The van der Waals surface area contributed by atoms with E-state index in [1.165, 1.54) is 5.56 Å². The van der Waals surface area contributed by atoms with Crippen molar-refractivity contribution in [2.75, 3.05) is 20.6 Å².